The molecule has 0 spiro atoms. The molecule has 0 radical (unpaired) electrons. The topological polar surface area (TPSA) is 96.3 Å². The molecule has 0 aliphatic carbocycles. The van der Waals surface area contributed by atoms with E-state index in [1.54, 1.807) is 36.4 Å². The van der Waals surface area contributed by atoms with Crippen LogP contribution in [0.25, 0.3) is 0 Å². The maximum Gasteiger partial charge on any atom is 0.321 e. The summed E-state index contributed by atoms with van der Waals surface area (Å²) in [5.41, 5.74) is 0.961. The Morgan fingerprint density at radius 3 is 2.67 bits per heavy atom. The Kier molecular flexibility index (Phi) is 6.09. The van der Waals surface area contributed by atoms with Gasteiger partial charge in [-0.15, -0.1) is 0 Å². The summed E-state index contributed by atoms with van der Waals surface area (Å²) in [5.74, 6) is -0.735. The molecule has 0 unspecified atom stereocenters. The smallest absolute Gasteiger partial charge is 0.321 e. The summed E-state index contributed by atoms with van der Waals surface area (Å²) in [4.78, 5) is 11.8. The second-order valence-corrected chi connectivity index (χ2v) is 7.39. The van der Waals surface area contributed by atoms with Crippen LogP contribution >= 0.6 is 15.9 Å². The number of nitriles is 1. The molecule has 0 saturated heterocycles. The number of esters is 1. The van der Waals surface area contributed by atoms with Gasteiger partial charge in [0.05, 0.1) is 16.5 Å². The molecule has 0 atom stereocenters. The van der Waals surface area contributed by atoms with Gasteiger partial charge in [-0.3, -0.25) is 4.79 Å². The van der Waals surface area contributed by atoms with Gasteiger partial charge in [-0.1, -0.05) is 40.2 Å². The number of nitrogens with one attached hydrogen (secondary N) is 1. The van der Waals surface area contributed by atoms with Gasteiger partial charge in [-0.25, -0.2) is 8.42 Å². The van der Waals surface area contributed by atoms with Gasteiger partial charge in [0, 0.05) is 10.0 Å². The Hall–Kier alpha value is -2.21. The Bertz CT molecular complexity index is 891. The van der Waals surface area contributed by atoms with Crippen LogP contribution in [-0.4, -0.2) is 20.9 Å². The Balaban J connectivity index is 1.92. The first kappa shape index (κ1) is 18.1. The van der Waals surface area contributed by atoms with Crippen molar-refractivity contribution in [3.05, 3.63) is 64.1 Å². The van der Waals surface area contributed by atoms with Crippen LogP contribution in [0.2, 0.25) is 0 Å². The van der Waals surface area contributed by atoms with E-state index >= 15 is 0 Å². The molecule has 6 nitrogen and oxygen atoms in total. The maximum absolute atomic E-state index is 12.1. The summed E-state index contributed by atoms with van der Waals surface area (Å²) in [6, 6.07) is 14.8. The predicted octanol–water partition coefficient (Wildman–Crippen LogP) is 2.34. The number of halogens is 1. The molecule has 0 heterocycles. The van der Waals surface area contributed by atoms with Gasteiger partial charge in [0.25, 0.3) is 0 Å². The van der Waals surface area contributed by atoms with Crippen LogP contribution in [0.15, 0.2) is 57.9 Å². The van der Waals surface area contributed by atoms with Crippen molar-refractivity contribution < 1.29 is 17.9 Å². The second-order valence-electron chi connectivity index (χ2n) is 4.71. The molecule has 0 aliphatic heterocycles. The Morgan fingerprint density at radius 1 is 1.21 bits per heavy atom. The fraction of sp³-hybridized carbons (Fsp3) is 0.125. The number of ether oxygens (including phenoxy) is 1. The van der Waals surface area contributed by atoms with Gasteiger partial charge < -0.3 is 4.74 Å². The molecule has 8 heteroatoms. The lowest BCUT2D eigenvalue weighted by atomic mass is 10.1. The van der Waals surface area contributed by atoms with Gasteiger partial charge in [0.15, 0.2) is 0 Å². The van der Waals surface area contributed by atoms with Crippen molar-refractivity contribution in [1.82, 2.24) is 4.72 Å². The number of hydrogen-bond donors (Lipinski definition) is 1. The highest BCUT2D eigenvalue weighted by Crippen LogP contribution is 2.15. The zero-order valence-electron chi connectivity index (χ0n) is 12.4. The van der Waals surface area contributed by atoms with Crippen LogP contribution in [0.5, 0.6) is 0 Å². The van der Waals surface area contributed by atoms with Crippen LogP contribution in [0.3, 0.4) is 0 Å². The average molecular weight is 409 g/mol. The summed E-state index contributed by atoms with van der Waals surface area (Å²) in [6.45, 7) is -0.593. The van der Waals surface area contributed by atoms with Crippen molar-refractivity contribution in [3.63, 3.8) is 0 Å². The van der Waals surface area contributed by atoms with Crippen LogP contribution in [-0.2, 0) is 26.2 Å². The maximum atomic E-state index is 12.1. The number of carbonyl (C=O) groups is 1. The largest absolute Gasteiger partial charge is 0.460 e. The molecular weight excluding hydrogens is 396 g/mol. The van der Waals surface area contributed by atoms with E-state index in [1.807, 2.05) is 6.07 Å². The molecule has 124 valence electrons. The SMILES string of the molecule is N#Cc1ccccc1COC(=O)CNS(=O)(=O)c1cccc(Br)c1. The van der Waals surface area contributed by atoms with Crippen molar-refractivity contribution in [2.45, 2.75) is 11.5 Å². The zero-order chi connectivity index (χ0) is 17.6. The molecule has 1 N–H and O–H groups in total. The molecule has 0 saturated carbocycles. The summed E-state index contributed by atoms with van der Waals surface area (Å²) < 4.78 is 32.0. The third-order valence-corrected chi connectivity index (χ3v) is 4.93. The van der Waals surface area contributed by atoms with E-state index in [9.17, 15) is 13.2 Å². The summed E-state index contributed by atoms with van der Waals surface area (Å²) in [6.07, 6.45) is 0. The van der Waals surface area contributed by atoms with Crippen molar-refractivity contribution in [2.75, 3.05) is 6.54 Å². The molecule has 0 aliphatic rings. The summed E-state index contributed by atoms with van der Waals surface area (Å²) in [7, 11) is -3.81. The van der Waals surface area contributed by atoms with Gasteiger partial charge in [-0.05, 0) is 24.3 Å². The average Bonchev–Trinajstić information content (AvgIpc) is 2.58. The monoisotopic (exact) mass is 408 g/mol. The molecule has 2 aromatic carbocycles. The second kappa shape index (κ2) is 8.06. The summed E-state index contributed by atoms with van der Waals surface area (Å²) in [5, 5.41) is 8.96. The van der Waals surface area contributed by atoms with Crippen molar-refractivity contribution in [1.29, 1.82) is 5.26 Å². The number of sulfonamides is 1. The lowest BCUT2D eigenvalue weighted by Gasteiger charge is -2.08. The first-order chi connectivity index (χ1) is 11.4. The highest BCUT2D eigenvalue weighted by Gasteiger charge is 2.16. The standard InChI is InChI=1S/C16H13BrN2O4S/c17-14-6-3-7-15(8-14)24(21,22)19-10-16(20)23-11-13-5-2-1-4-12(13)9-18/h1-8,19H,10-11H2. The van der Waals surface area contributed by atoms with Crippen LogP contribution < -0.4 is 4.72 Å². The van der Waals surface area contributed by atoms with E-state index < -0.39 is 22.5 Å². The van der Waals surface area contributed by atoms with Crippen LogP contribution in [0.4, 0.5) is 0 Å². The van der Waals surface area contributed by atoms with E-state index in [1.165, 1.54) is 12.1 Å². The Labute approximate surface area is 148 Å². The zero-order valence-corrected chi connectivity index (χ0v) is 14.8. The van der Waals surface area contributed by atoms with Crippen molar-refractivity contribution in [2.24, 2.45) is 0 Å². The number of carbonyl (C=O) groups excluding carboxylic acids is 1. The number of benzene rings is 2. The quantitative estimate of drug-likeness (QED) is 0.739. The van der Waals surface area contributed by atoms with E-state index in [2.05, 4.69) is 20.7 Å². The van der Waals surface area contributed by atoms with Crippen LogP contribution in [0, 0.1) is 11.3 Å². The normalized spacial score (nSPS) is 10.8. The van der Waals surface area contributed by atoms with Gasteiger partial charge >= 0.3 is 5.97 Å². The highest BCUT2D eigenvalue weighted by molar-refractivity contribution is 9.10. The first-order valence-corrected chi connectivity index (χ1v) is 9.09. The fourth-order valence-electron chi connectivity index (χ4n) is 1.84. The molecule has 0 fully saturated rings. The molecule has 0 aromatic heterocycles. The van der Waals surface area contributed by atoms with E-state index in [-0.39, 0.29) is 11.5 Å². The van der Waals surface area contributed by atoms with Crippen LogP contribution in [0.1, 0.15) is 11.1 Å². The van der Waals surface area contributed by atoms with E-state index in [4.69, 9.17) is 10.00 Å². The summed E-state index contributed by atoms with van der Waals surface area (Å²) >= 11 is 3.19. The molecule has 24 heavy (non-hydrogen) atoms. The number of hydrogen-bond acceptors (Lipinski definition) is 5. The fourth-order valence-corrected chi connectivity index (χ4v) is 3.40. The predicted molar refractivity (Wildman–Crippen MR) is 90.3 cm³/mol. The molecule has 2 aromatic rings. The van der Waals surface area contributed by atoms with Crippen molar-refractivity contribution >= 4 is 31.9 Å². The lowest BCUT2D eigenvalue weighted by Crippen LogP contribution is -2.30. The van der Waals surface area contributed by atoms with Gasteiger partial charge in [0.1, 0.15) is 13.2 Å². The first-order valence-electron chi connectivity index (χ1n) is 6.81. The molecule has 2 rings (SSSR count). The molecular formula is C16H13BrN2O4S. The van der Waals surface area contributed by atoms with E-state index in [0.29, 0.717) is 15.6 Å². The molecule has 0 bridgehead atoms. The minimum absolute atomic E-state index is 0.0412. The van der Waals surface area contributed by atoms with Gasteiger partial charge in [-0.2, -0.15) is 9.98 Å². The third-order valence-electron chi connectivity index (χ3n) is 3.04. The van der Waals surface area contributed by atoms with Crippen molar-refractivity contribution in [3.8, 4) is 6.07 Å². The van der Waals surface area contributed by atoms with Gasteiger partial charge in [0.2, 0.25) is 10.0 Å². The highest BCUT2D eigenvalue weighted by atomic mass is 79.9. The minimum Gasteiger partial charge on any atom is -0.460 e. The lowest BCUT2D eigenvalue weighted by molar-refractivity contribution is -0.143. The minimum atomic E-state index is -3.81. The molecule has 0 amide bonds. The third kappa shape index (κ3) is 4.89. The number of rotatable bonds is 6. The number of nitrogens with zero attached hydrogens (tertiary/aromatic N) is 1. The Morgan fingerprint density at radius 2 is 1.96 bits per heavy atom. The van der Waals surface area contributed by atoms with E-state index in [0.717, 1.165) is 0 Å².